The van der Waals surface area contributed by atoms with E-state index in [0.717, 1.165) is 0 Å². The summed E-state index contributed by atoms with van der Waals surface area (Å²) in [7, 11) is 0. The van der Waals surface area contributed by atoms with Gasteiger partial charge in [-0.15, -0.1) is 0 Å². The van der Waals surface area contributed by atoms with Crippen molar-refractivity contribution in [3.63, 3.8) is 0 Å². The fraction of sp³-hybridized carbons (Fsp3) is 0.385. The molecule has 0 saturated carbocycles. The van der Waals surface area contributed by atoms with Gasteiger partial charge in [-0.3, -0.25) is 4.79 Å². The van der Waals surface area contributed by atoms with Crippen molar-refractivity contribution in [1.29, 1.82) is 5.26 Å². The van der Waals surface area contributed by atoms with Crippen LogP contribution in [-0.4, -0.2) is 23.9 Å². The zero-order valence-electron chi connectivity index (χ0n) is 9.70. The van der Waals surface area contributed by atoms with Gasteiger partial charge in [0, 0.05) is 23.5 Å². The lowest BCUT2D eigenvalue weighted by atomic mass is 9.98. The predicted molar refractivity (Wildman–Crippen MR) is 68.3 cm³/mol. The van der Waals surface area contributed by atoms with Gasteiger partial charge in [-0.05, 0) is 47.0 Å². The zero-order chi connectivity index (χ0) is 13.1. The van der Waals surface area contributed by atoms with Crippen molar-refractivity contribution in [2.45, 2.75) is 12.8 Å². The normalized spacial score (nSPS) is 16.4. The van der Waals surface area contributed by atoms with E-state index in [9.17, 15) is 9.18 Å². The summed E-state index contributed by atoms with van der Waals surface area (Å²) in [5, 5.41) is 8.80. The maximum atomic E-state index is 13.2. The number of amides is 1. The Bertz CT molecular complexity index is 504. The monoisotopic (exact) mass is 310 g/mol. The third-order valence-corrected chi connectivity index (χ3v) is 3.82. The summed E-state index contributed by atoms with van der Waals surface area (Å²) in [5.74, 6) is -0.573. The number of halogens is 2. The van der Waals surface area contributed by atoms with Crippen LogP contribution in [0.3, 0.4) is 0 Å². The molecule has 1 fully saturated rings. The fourth-order valence-corrected chi connectivity index (χ4v) is 2.46. The van der Waals surface area contributed by atoms with Crippen molar-refractivity contribution in [3.8, 4) is 6.07 Å². The highest BCUT2D eigenvalue weighted by molar-refractivity contribution is 9.10. The van der Waals surface area contributed by atoms with Crippen LogP contribution in [0.15, 0.2) is 22.7 Å². The minimum absolute atomic E-state index is 0.0324. The van der Waals surface area contributed by atoms with Gasteiger partial charge in [-0.25, -0.2) is 4.39 Å². The lowest BCUT2D eigenvalue weighted by Gasteiger charge is -2.29. The van der Waals surface area contributed by atoms with E-state index >= 15 is 0 Å². The Balaban J connectivity index is 2.13. The topological polar surface area (TPSA) is 44.1 Å². The lowest BCUT2D eigenvalue weighted by molar-refractivity contribution is 0.0706. The Hall–Kier alpha value is -1.41. The molecule has 0 aliphatic carbocycles. The molecular weight excluding hydrogens is 299 g/mol. The quantitative estimate of drug-likeness (QED) is 0.800. The molecule has 0 bridgehead atoms. The van der Waals surface area contributed by atoms with Gasteiger partial charge in [-0.1, -0.05) is 0 Å². The Morgan fingerprint density at radius 2 is 2.11 bits per heavy atom. The first-order chi connectivity index (χ1) is 8.61. The van der Waals surface area contributed by atoms with Gasteiger partial charge in [0.15, 0.2) is 0 Å². The number of hydrogen-bond donors (Lipinski definition) is 0. The number of nitriles is 1. The molecule has 1 saturated heterocycles. The minimum atomic E-state index is -0.423. The first kappa shape index (κ1) is 13.0. The zero-order valence-corrected chi connectivity index (χ0v) is 11.3. The van der Waals surface area contributed by atoms with Gasteiger partial charge in [0.2, 0.25) is 0 Å². The molecule has 3 nitrogen and oxygen atoms in total. The van der Waals surface area contributed by atoms with E-state index in [1.165, 1.54) is 18.2 Å². The predicted octanol–water partition coefficient (Wildman–Crippen LogP) is 2.96. The van der Waals surface area contributed by atoms with Crippen LogP contribution in [0.4, 0.5) is 4.39 Å². The Morgan fingerprint density at radius 3 is 2.72 bits per heavy atom. The molecule has 0 atom stereocenters. The summed E-state index contributed by atoms with van der Waals surface area (Å²) >= 11 is 3.26. The van der Waals surface area contributed by atoms with Gasteiger partial charge in [-0.2, -0.15) is 5.26 Å². The highest BCUT2D eigenvalue weighted by atomic mass is 79.9. The average molecular weight is 311 g/mol. The van der Waals surface area contributed by atoms with Crippen LogP contribution in [0.2, 0.25) is 0 Å². The summed E-state index contributed by atoms with van der Waals surface area (Å²) in [6.45, 7) is 1.11. The van der Waals surface area contributed by atoms with Crippen molar-refractivity contribution in [2.75, 3.05) is 13.1 Å². The standard InChI is InChI=1S/C13H12BrFN2O/c14-12-2-1-10(15)7-11(12)13(18)17-5-3-9(8-16)4-6-17/h1-2,7,9H,3-6H2. The van der Waals surface area contributed by atoms with Crippen LogP contribution >= 0.6 is 15.9 Å². The van der Waals surface area contributed by atoms with E-state index in [1.807, 2.05) is 0 Å². The number of carbonyl (C=O) groups is 1. The first-order valence-corrected chi connectivity index (χ1v) is 6.55. The van der Waals surface area contributed by atoms with E-state index in [2.05, 4.69) is 22.0 Å². The molecule has 1 aromatic carbocycles. The molecule has 0 aromatic heterocycles. The Morgan fingerprint density at radius 1 is 1.44 bits per heavy atom. The second kappa shape index (κ2) is 5.49. The van der Waals surface area contributed by atoms with Crippen LogP contribution in [0.1, 0.15) is 23.2 Å². The highest BCUT2D eigenvalue weighted by Crippen LogP contribution is 2.23. The molecule has 0 spiro atoms. The largest absolute Gasteiger partial charge is 0.339 e. The van der Waals surface area contributed by atoms with Crippen molar-refractivity contribution >= 4 is 21.8 Å². The van der Waals surface area contributed by atoms with Gasteiger partial charge in [0.05, 0.1) is 11.6 Å². The number of likely N-dealkylation sites (tertiary alicyclic amines) is 1. The third kappa shape index (κ3) is 2.70. The van der Waals surface area contributed by atoms with E-state index in [0.29, 0.717) is 36.0 Å². The number of piperidine rings is 1. The van der Waals surface area contributed by atoms with Crippen molar-refractivity contribution in [1.82, 2.24) is 4.90 Å². The molecule has 1 aliphatic heterocycles. The molecule has 0 N–H and O–H groups in total. The molecule has 1 aromatic rings. The van der Waals surface area contributed by atoms with Crippen LogP contribution in [0.5, 0.6) is 0 Å². The SMILES string of the molecule is N#CC1CCN(C(=O)c2cc(F)ccc2Br)CC1. The van der Waals surface area contributed by atoms with Crippen LogP contribution in [-0.2, 0) is 0 Å². The highest BCUT2D eigenvalue weighted by Gasteiger charge is 2.24. The molecule has 1 amide bonds. The number of carbonyl (C=O) groups excluding carboxylic acids is 1. The molecule has 1 aliphatic rings. The number of hydrogen-bond acceptors (Lipinski definition) is 2. The van der Waals surface area contributed by atoms with Gasteiger partial charge in [0.25, 0.3) is 5.91 Å². The van der Waals surface area contributed by atoms with E-state index in [-0.39, 0.29) is 11.8 Å². The van der Waals surface area contributed by atoms with Crippen LogP contribution < -0.4 is 0 Å². The van der Waals surface area contributed by atoms with Crippen molar-refractivity contribution in [2.24, 2.45) is 5.92 Å². The number of benzene rings is 1. The molecule has 1 heterocycles. The Labute approximate surface area is 113 Å². The van der Waals surface area contributed by atoms with E-state index in [1.54, 1.807) is 4.90 Å². The van der Waals surface area contributed by atoms with Crippen molar-refractivity contribution < 1.29 is 9.18 Å². The Kier molecular flexibility index (Phi) is 3.97. The third-order valence-electron chi connectivity index (χ3n) is 3.12. The van der Waals surface area contributed by atoms with Crippen LogP contribution in [0.25, 0.3) is 0 Å². The molecule has 0 unspecified atom stereocenters. The summed E-state index contributed by atoms with van der Waals surface area (Å²) in [4.78, 5) is 13.9. The maximum absolute atomic E-state index is 13.2. The minimum Gasteiger partial charge on any atom is -0.339 e. The second-order valence-electron chi connectivity index (χ2n) is 4.32. The summed E-state index contributed by atoms with van der Waals surface area (Å²) in [5.41, 5.74) is 0.338. The molecule has 2 rings (SSSR count). The number of rotatable bonds is 1. The molecule has 94 valence electrons. The van der Waals surface area contributed by atoms with E-state index in [4.69, 9.17) is 5.26 Å². The lowest BCUT2D eigenvalue weighted by Crippen LogP contribution is -2.38. The summed E-state index contributed by atoms with van der Waals surface area (Å²) in [6, 6.07) is 6.30. The maximum Gasteiger partial charge on any atom is 0.255 e. The molecule has 5 heteroatoms. The summed E-state index contributed by atoms with van der Waals surface area (Å²) < 4.78 is 13.8. The molecule has 0 radical (unpaired) electrons. The second-order valence-corrected chi connectivity index (χ2v) is 5.17. The van der Waals surface area contributed by atoms with Gasteiger partial charge >= 0.3 is 0 Å². The van der Waals surface area contributed by atoms with Gasteiger partial charge < -0.3 is 4.90 Å². The van der Waals surface area contributed by atoms with Gasteiger partial charge in [0.1, 0.15) is 5.82 Å². The summed E-state index contributed by atoms with van der Waals surface area (Å²) in [6.07, 6.45) is 1.38. The molecule has 18 heavy (non-hydrogen) atoms. The van der Waals surface area contributed by atoms with Crippen LogP contribution in [0, 0.1) is 23.1 Å². The molecular formula is C13H12BrFN2O. The number of nitrogens with zero attached hydrogens (tertiary/aromatic N) is 2. The smallest absolute Gasteiger partial charge is 0.255 e. The van der Waals surface area contributed by atoms with E-state index < -0.39 is 5.82 Å². The van der Waals surface area contributed by atoms with Crippen molar-refractivity contribution in [3.05, 3.63) is 34.1 Å². The average Bonchev–Trinajstić information content (AvgIpc) is 2.41. The fourth-order valence-electron chi connectivity index (χ4n) is 2.04. The first-order valence-electron chi connectivity index (χ1n) is 5.75.